The fraction of sp³-hybridized carbons (Fsp3) is 0.556. The van der Waals surface area contributed by atoms with Crippen LogP contribution >= 0.6 is 0 Å². The van der Waals surface area contributed by atoms with Gasteiger partial charge in [-0.05, 0) is 19.0 Å². The van der Waals surface area contributed by atoms with Crippen molar-refractivity contribution in [3.8, 4) is 0 Å². The Morgan fingerprint density at radius 3 is 2.76 bits per heavy atom. The molecule has 0 aliphatic heterocycles. The minimum Gasteiger partial charge on any atom is -0.459 e. The first-order chi connectivity index (χ1) is 10.4. The van der Waals surface area contributed by atoms with Gasteiger partial charge in [0.15, 0.2) is 0 Å². The molecule has 0 spiro atoms. The summed E-state index contributed by atoms with van der Waals surface area (Å²) in [6.07, 6.45) is 4.96. The Bertz CT molecular complexity index is 533. The van der Waals surface area contributed by atoms with Crippen LogP contribution in [0.5, 0.6) is 0 Å². The van der Waals surface area contributed by atoms with Gasteiger partial charge in [-0.15, -0.1) is 0 Å². The molecule has 2 aromatic rings. The predicted molar refractivity (Wildman–Crippen MR) is 87.4 cm³/mol. The van der Waals surface area contributed by atoms with E-state index in [4.69, 9.17) is 9.15 Å². The van der Waals surface area contributed by atoms with E-state index < -0.39 is 0 Å². The first kappa shape index (κ1) is 16.1. The van der Waals surface area contributed by atoms with E-state index in [1.165, 1.54) is 30.2 Å². The lowest BCUT2D eigenvalue weighted by Gasteiger charge is -2.06. The number of benzene rings is 1. The maximum atomic E-state index is 5.95. The number of hydrogen-bond acceptors (Lipinski definition) is 3. The van der Waals surface area contributed by atoms with E-state index in [0.29, 0.717) is 6.61 Å². The molecule has 21 heavy (non-hydrogen) atoms. The van der Waals surface area contributed by atoms with Crippen LogP contribution in [0.4, 0.5) is 0 Å². The van der Waals surface area contributed by atoms with Crippen molar-refractivity contribution < 1.29 is 9.15 Å². The van der Waals surface area contributed by atoms with Gasteiger partial charge in [-0.25, -0.2) is 0 Å². The third-order valence-corrected chi connectivity index (χ3v) is 3.71. The van der Waals surface area contributed by atoms with Crippen molar-refractivity contribution >= 4 is 11.0 Å². The van der Waals surface area contributed by atoms with Crippen molar-refractivity contribution in [2.24, 2.45) is 0 Å². The largest absolute Gasteiger partial charge is 0.459 e. The summed E-state index contributed by atoms with van der Waals surface area (Å²) >= 11 is 0. The van der Waals surface area contributed by atoms with Crippen molar-refractivity contribution in [3.63, 3.8) is 0 Å². The fourth-order valence-electron chi connectivity index (χ4n) is 2.49. The van der Waals surface area contributed by atoms with Crippen molar-refractivity contribution in [2.75, 3.05) is 13.2 Å². The van der Waals surface area contributed by atoms with Gasteiger partial charge in [-0.1, -0.05) is 51.3 Å². The van der Waals surface area contributed by atoms with E-state index in [-0.39, 0.29) is 0 Å². The number of unbranched alkanes of at least 4 members (excludes halogenated alkanes) is 3. The normalized spacial score (nSPS) is 11.3. The number of furan rings is 1. The van der Waals surface area contributed by atoms with Crippen molar-refractivity contribution in [1.29, 1.82) is 0 Å². The van der Waals surface area contributed by atoms with Gasteiger partial charge in [-0.2, -0.15) is 0 Å². The second-order valence-corrected chi connectivity index (χ2v) is 5.39. The lowest BCUT2D eigenvalue weighted by molar-refractivity contribution is 0.116. The highest BCUT2D eigenvalue weighted by atomic mass is 16.5. The minimum atomic E-state index is 0.643. The first-order valence-corrected chi connectivity index (χ1v) is 8.14. The van der Waals surface area contributed by atoms with Crippen LogP contribution in [0.25, 0.3) is 11.0 Å². The monoisotopic (exact) mass is 289 g/mol. The number of para-hydroxylation sites is 1. The van der Waals surface area contributed by atoms with Gasteiger partial charge in [0.05, 0.1) is 13.2 Å². The molecule has 1 aromatic carbocycles. The quantitative estimate of drug-likeness (QED) is 0.647. The summed E-state index contributed by atoms with van der Waals surface area (Å²) < 4.78 is 11.8. The lowest BCUT2D eigenvalue weighted by atomic mass is 10.1. The lowest BCUT2D eigenvalue weighted by Crippen LogP contribution is -2.12. The Balaban J connectivity index is 1.98. The van der Waals surface area contributed by atoms with Gasteiger partial charge in [-0.3, -0.25) is 0 Å². The van der Waals surface area contributed by atoms with Crippen LogP contribution in [0.2, 0.25) is 0 Å². The molecule has 0 aliphatic carbocycles. The van der Waals surface area contributed by atoms with E-state index in [9.17, 15) is 0 Å². The van der Waals surface area contributed by atoms with Crippen LogP contribution in [-0.2, 0) is 17.9 Å². The standard InChI is InChI=1S/C18H27NO2/c1-3-5-6-9-12-20-14-16-15-10-7-8-11-17(15)21-18(16)13-19-4-2/h7-8,10-11,19H,3-6,9,12-14H2,1-2H3. The molecule has 0 aliphatic rings. The molecule has 1 aromatic heterocycles. The summed E-state index contributed by atoms with van der Waals surface area (Å²) in [6.45, 7) is 7.51. The first-order valence-electron chi connectivity index (χ1n) is 8.14. The second kappa shape index (κ2) is 8.85. The molecular weight excluding hydrogens is 262 g/mol. The maximum absolute atomic E-state index is 5.95. The Labute approximate surface area is 127 Å². The fourth-order valence-corrected chi connectivity index (χ4v) is 2.49. The third kappa shape index (κ3) is 4.58. The predicted octanol–water partition coefficient (Wildman–Crippen LogP) is 4.64. The van der Waals surface area contributed by atoms with Crippen LogP contribution in [-0.4, -0.2) is 13.2 Å². The van der Waals surface area contributed by atoms with Crippen molar-refractivity contribution in [1.82, 2.24) is 5.32 Å². The molecule has 0 atom stereocenters. The van der Waals surface area contributed by atoms with Crippen LogP contribution < -0.4 is 5.32 Å². The van der Waals surface area contributed by atoms with Crippen LogP contribution in [0.3, 0.4) is 0 Å². The summed E-state index contributed by atoms with van der Waals surface area (Å²) in [7, 11) is 0. The highest BCUT2D eigenvalue weighted by Crippen LogP contribution is 2.26. The highest BCUT2D eigenvalue weighted by molar-refractivity contribution is 5.82. The maximum Gasteiger partial charge on any atom is 0.134 e. The molecule has 0 unspecified atom stereocenters. The van der Waals surface area contributed by atoms with Crippen LogP contribution in [0, 0.1) is 0 Å². The summed E-state index contributed by atoms with van der Waals surface area (Å²) in [6, 6.07) is 8.21. The summed E-state index contributed by atoms with van der Waals surface area (Å²) in [5, 5.41) is 4.51. The molecule has 0 radical (unpaired) electrons. The van der Waals surface area contributed by atoms with Gasteiger partial charge >= 0.3 is 0 Å². The van der Waals surface area contributed by atoms with Crippen molar-refractivity contribution in [2.45, 2.75) is 52.7 Å². The molecule has 0 saturated heterocycles. The van der Waals surface area contributed by atoms with E-state index >= 15 is 0 Å². The van der Waals surface area contributed by atoms with E-state index in [1.54, 1.807) is 0 Å². The molecule has 0 fully saturated rings. The minimum absolute atomic E-state index is 0.643. The smallest absolute Gasteiger partial charge is 0.134 e. The molecule has 1 heterocycles. The molecule has 3 nitrogen and oxygen atoms in total. The molecule has 1 N–H and O–H groups in total. The Morgan fingerprint density at radius 2 is 1.95 bits per heavy atom. The number of nitrogens with one attached hydrogen (secondary N) is 1. The Hall–Kier alpha value is -1.32. The molecular formula is C18H27NO2. The van der Waals surface area contributed by atoms with Gasteiger partial charge in [0.2, 0.25) is 0 Å². The Morgan fingerprint density at radius 1 is 1.10 bits per heavy atom. The highest BCUT2D eigenvalue weighted by Gasteiger charge is 2.13. The van der Waals surface area contributed by atoms with E-state index in [1.807, 2.05) is 12.1 Å². The SMILES string of the molecule is CCCCCCOCc1c(CNCC)oc2ccccc12. The number of rotatable bonds is 10. The average molecular weight is 289 g/mol. The van der Waals surface area contributed by atoms with Gasteiger partial charge in [0, 0.05) is 17.6 Å². The zero-order valence-electron chi connectivity index (χ0n) is 13.3. The van der Waals surface area contributed by atoms with E-state index in [2.05, 4.69) is 31.3 Å². The molecule has 0 saturated carbocycles. The molecule has 0 amide bonds. The second-order valence-electron chi connectivity index (χ2n) is 5.39. The number of fused-ring (bicyclic) bond motifs is 1. The molecule has 2 rings (SSSR count). The summed E-state index contributed by atoms with van der Waals surface area (Å²) in [5.41, 5.74) is 2.15. The summed E-state index contributed by atoms with van der Waals surface area (Å²) in [5.74, 6) is 1.01. The van der Waals surface area contributed by atoms with Gasteiger partial charge in [0.1, 0.15) is 11.3 Å². The number of ether oxygens (including phenoxy) is 1. The number of hydrogen-bond donors (Lipinski definition) is 1. The van der Waals surface area contributed by atoms with E-state index in [0.717, 1.165) is 37.5 Å². The molecule has 116 valence electrons. The molecule has 3 heteroatoms. The average Bonchev–Trinajstić information content (AvgIpc) is 2.86. The zero-order chi connectivity index (χ0) is 14.9. The topological polar surface area (TPSA) is 34.4 Å². The zero-order valence-corrected chi connectivity index (χ0v) is 13.3. The van der Waals surface area contributed by atoms with Crippen LogP contribution in [0.1, 0.15) is 50.9 Å². The van der Waals surface area contributed by atoms with Gasteiger partial charge < -0.3 is 14.5 Å². The summed E-state index contributed by atoms with van der Waals surface area (Å²) in [4.78, 5) is 0. The van der Waals surface area contributed by atoms with Crippen LogP contribution in [0.15, 0.2) is 28.7 Å². The molecule has 0 bridgehead atoms. The Kier molecular flexibility index (Phi) is 6.77. The van der Waals surface area contributed by atoms with Gasteiger partial charge in [0.25, 0.3) is 0 Å². The van der Waals surface area contributed by atoms with Crippen molar-refractivity contribution in [3.05, 3.63) is 35.6 Å². The third-order valence-electron chi connectivity index (χ3n) is 3.71.